The molecule has 0 unspecified atom stereocenters. The number of nitrogens with two attached hydrogens (primary N) is 1. The van der Waals surface area contributed by atoms with Crippen molar-refractivity contribution in [3.8, 4) is 5.75 Å². The molecule has 5 heteroatoms. The largest absolute Gasteiger partial charge is 0.497 e. The van der Waals surface area contributed by atoms with Crippen LogP contribution in [0.25, 0.3) is 0 Å². The molecule has 0 bridgehead atoms. The highest BCUT2D eigenvalue weighted by atomic mass is 16.5. The number of benzene rings is 2. The summed E-state index contributed by atoms with van der Waals surface area (Å²) in [6, 6.07) is 14.4. The Morgan fingerprint density at radius 1 is 1.12 bits per heavy atom. The standard InChI is InChI=1S/C19H20N2O3/c1-12-11-16(18(20)22)15-5-3-4-6-17(15)21(12)19(23)13-7-9-14(24-2)10-8-13/h3-10,12,16H,11H2,1-2H3,(H2,20,22)/t12-,16-/m0/s1. The Balaban J connectivity index is 2.01. The van der Waals surface area contributed by atoms with Crippen molar-refractivity contribution in [2.75, 3.05) is 12.0 Å². The summed E-state index contributed by atoms with van der Waals surface area (Å²) < 4.78 is 5.14. The molecule has 1 aliphatic rings. The first-order valence-corrected chi connectivity index (χ1v) is 7.88. The van der Waals surface area contributed by atoms with Crippen LogP contribution in [-0.4, -0.2) is 25.0 Å². The van der Waals surface area contributed by atoms with Gasteiger partial charge in [-0.25, -0.2) is 0 Å². The molecule has 0 radical (unpaired) electrons. The van der Waals surface area contributed by atoms with Crippen LogP contribution in [0.4, 0.5) is 5.69 Å². The molecule has 1 aliphatic heterocycles. The topological polar surface area (TPSA) is 72.6 Å². The van der Waals surface area contributed by atoms with E-state index in [1.165, 1.54) is 0 Å². The zero-order valence-electron chi connectivity index (χ0n) is 13.7. The molecule has 2 N–H and O–H groups in total. The van der Waals surface area contributed by atoms with Crippen LogP contribution < -0.4 is 15.4 Å². The lowest BCUT2D eigenvalue weighted by molar-refractivity contribution is -0.119. The van der Waals surface area contributed by atoms with Gasteiger partial charge in [-0.2, -0.15) is 0 Å². The quantitative estimate of drug-likeness (QED) is 0.943. The van der Waals surface area contributed by atoms with Gasteiger partial charge < -0.3 is 15.4 Å². The van der Waals surface area contributed by atoms with Gasteiger partial charge in [-0.3, -0.25) is 9.59 Å². The summed E-state index contributed by atoms with van der Waals surface area (Å²) in [6.45, 7) is 1.94. The molecule has 3 rings (SSSR count). The molecular formula is C19H20N2O3. The molecule has 0 fully saturated rings. The molecule has 5 nitrogen and oxygen atoms in total. The van der Waals surface area contributed by atoms with Gasteiger partial charge >= 0.3 is 0 Å². The smallest absolute Gasteiger partial charge is 0.258 e. The Morgan fingerprint density at radius 2 is 1.79 bits per heavy atom. The lowest BCUT2D eigenvalue weighted by Gasteiger charge is -2.38. The van der Waals surface area contributed by atoms with E-state index >= 15 is 0 Å². The van der Waals surface area contributed by atoms with E-state index in [0.29, 0.717) is 17.7 Å². The van der Waals surface area contributed by atoms with Crippen molar-refractivity contribution in [2.24, 2.45) is 5.73 Å². The molecule has 0 aromatic heterocycles. The lowest BCUT2D eigenvalue weighted by atomic mass is 9.85. The van der Waals surface area contributed by atoms with Crippen molar-refractivity contribution in [3.63, 3.8) is 0 Å². The van der Waals surface area contributed by atoms with Gasteiger partial charge in [0.25, 0.3) is 5.91 Å². The molecule has 0 spiro atoms. The summed E-state index contributed by atoms with van der Waals surface area (Å²) in [5, 5.41) is 0. The fraction of sp³-hybridized carbons (Fsp3) is 0.263. The maximum absolute atomic E-state index is 13.0. The van der Waals surface area contributed by atoms with Crippen LogP contribution in [0, 0.1) is 0 Å². The summed E-state index contributed by atoms with van der Waals surface area (Å²) in [7, 11) is 1.59. The minimum absolute atomic E-state index is 0.0967. The van der Waals surface area contributed by atoms with Crippen molar-refractivity contribution in [3.05, 3.63) is 59.7 Å². The minimum Gasteiger partial charge on any atom is -0.497 e. The highest BCUT2D eigenvalue weighted by Crippen LogP contribution is 2.39. The molecule has 2 atom stereocenters. The van der Waals surface area contributed by atoms with Crippen LogP contribution in [0.5, 0.6) is 5.75 Å². The second kappa shape index (κ2) is 6.35. The highest BCUT2D eigenvalue weighted by Gasteiger charge is 2.36. The molecule has 124 valence electrons. The second-order valence-corrected chi connectivity index (χ2v) is 6.00. The number of rotatable bonds is 3. The summed E-state index contributed by atoms with van der Waals surface area (Å²) in [5.74, 6) is -0.116. The van der Waals surface area contributed by atoms with Crippen molar-refractivity contribution >= 4 is 17.5 Å². The Bertz CT molecular complexity index is 770. The van der Waals surface area contributed by atoms with E-state index in [-0.39, 0.29) is 23.8 Å². The average Bonchev–Trinajstić information content (AvgIpc) is 2.60. The molecular weight excluding hydrogens is 304 g/mol. The number of anilines is 1. The van der Waals surface area contributed by atoms with Gasteiger partial charge in [0, 0.05) is 17.3 Å². The number of hydrogen-bond donors (Lipinski definition) is 1. The first-order valence-electron chi connectivity index (χ1n) is 7.88. The van der Waals surface area contributed by atoms with Crippen molar-refractivity contribution in [1.29, 1.82) is 0 Å². The number of hydrogen-bond acceptors (Lipinski definition) is 3. The van der Waals surface area contributed by atoms with Gasteiger partial charge in [0.15, 0.2) is 0 Å². The van der Waals surface area contributed by atoms with Crippen LogP contribution in [0.2, 0.25) is 0 Å². The second-order valence-electron chi connectivity index (χ2n) is 6.00. The number of nitrogens with zero attached hydrogens (tertiary/aromatic N) is 1. The van der Waals surface area contributed by atoms with E-state index in [2.05, 4.69) is 0 Å². The predicted octanol–water partition coefficient (Wildman–Crippen LogP) is 2.70. The van der Waals surface area contributed by atoms with Crippen molar-refractivity contribution in [2.45, 2.75) is 25.3 Å². The van der Waals surface area contributed by atoms with E-state index < -0.39 is 0 Å². The number of carbonyl (C=O) groups is 2. The Kier molecular flexibility index (Phi) is 4.25. The molecule has 2 aromatic carbocycles. The summed E-state index contributed by atoms with van der Waals surface area (Å²) in [5.41, 5.74) is 7.69. The van der Waals surface area contributed by atoms with Gasteiger partial charge in [0.2, 0.25) is 5.91 Å². The number of methoxy groups -OCH3 is 1. The van der Waals surface area contributed by atoms with Crippen LogP contribution in [0.15, 0.2) is 48.5 Å². The van der Waals surface area contributed by atoms with Crippen LogP contribution >= 0.6 is 0 Å². The van der Waals surface area contributed by atoms with E-state index in [1.807, 2.05) is 31.2 Å². The summed E-state index contributed by atoms with van der Waals surface area (Å²) in [6.07, 6.45) is 0.522. The van der Waals surface area contributed by atoms with Gasteiger partial charge in [-0.15, -0.1) is 0 Å². The van der Waals surface area contributed by atoms with Gasteiger partial charge in [0.05, 0.1) is 13.0 Å². The molecule has 2 amide bonds. The zero-order valence-corrected chi connectivity index (χ0v) is 13.7. The van der Waals surface area contributed by atoms with Gasteiger partial charge in [-0.1, -0.05) is 18.2 Å². The van der Waals surface area contributed by atoms with E-state index in [1.54, 1.807) is 36.3 Å². The normalized spacial score (nSPS) is 19.5. The molecule has 0 saturated heterocycles. The van der Waals surface area contributed by atoms with Crippen molar-refractivity contribution < 1.29 is 14.3 Å². The number of primary amides is 1. The van der Waals surface area contributed by atoms with Gasteiger partial charge in [0.1, 0.15) is 5.75 Å². The number of para-hydroxylation sites is 1. The van der Waals surface area contributed by atoms with Crippen LogP contribution in [-0.2, 0) is 4.79 Å². The molecule has 0 aliphatic carbocycles. The first-order chi connectivity index (χ1) is 11.5. The fourth-order valence-electron chi connectivity index (χ4n) is 3.26. The van der Waals surface area contributed by atoms with E-state index in [0.717, 1.165) is 11.3 Å². The third kappa shape index (κ3) is 2.73. The lowest BCUT2D eigenvalue weighted by Crippen LogP contribution is -2.45. The van der Waals surface area contributed by atoms with E-state index in [4.69, 9.17) is 10.5 Å². The highest BCUT2D eigenvalue weighted by molar-refractivity contribution is 6.08. The van der Waals surface area contributed by atoms with Crippen LogP contribution in [0.3, 0.4) is 0 Å². The first kappa shape index (κ1) is 16.1. The predicted molar refractivity (Wildman–Crippen MR) is 92.3 cm³/mol. The fourth-order valence-corrected chi connectivity index (χ4v) is 3.26. The average molecular weight is 324 g/mol. The molecule has 24 heavy (non-hydrogen) atoms. The number of fused-ring (bicyclic) bond motifs is 1. The van der Waals surface area contributed by atoms with Crippen molar-refractivity contribution in [1.82, 2.24) is 0 Å². The van der Waals surface area contributed by atoms with E-state index in [9.17, 15) is 9.59 Å². The zero-order chi connectivity index (χ0) is 17.3. The number of ether oxygens (including phenoxy) is 1. The third-order valence-electron chi connectivity index (χ3n) is 4.49. The Morgan fingerprint density at radius 3 is 2.42 bits per heavy atom. The SMILES string of the molecule is COc1ccc(C(=O)N2c3ccccc3[C@@H](C(N)=O)C[C@@H]2C)cc1. The molecule has 1 heterocycles. The maximum atomic E-state index is 13.0. The Hall–Kier alpha value is -2.82. The molecule has 2 aromatic rings. The Labute approximate surface area is 141 Å². The monoisotopic (exact) mass is 324 g/mol. The molecule has 0 saturated carbocycles. The summed E-state index contributed by atoms with van der Waals surface area (Å²) in [4.78, 5) is 26.5. The summed E-state index contributed by atoms with van der Waals surface area (Å²) >= 11 is 0. The van der Waals surface area contributed by atoms with Crippen LogP contribution in [0.1, 0.15) is 35.2 Å². The number of amides is 2. The third-order valence-corrected chi connectivity index (χ3v) is 4.49. The maximum Gasteiger partial charge on any atom is 0.258 e. The van der Waals surface area contributed by atoms with Gasteiger partial charge in [-0.05, 0) is 49.2 Å². The minimum atomic E-state index is -0.365. The number of carbonyl (C=O) groups excluding carboxylic acids is 2.